The first-order chi connectivity index (χ1) is 11.7. The Morgan fingerprint density at radius 2 is 2.21 bits per heavy atom. The molecule has 0 aromatic carbocycles. The van der Waals surface area contributed by atoms with Gasteiger partial charge in [0.15, 0.2) is 0 Å². The SMILES string of the molecule is COCC1CC2(CCN(CC3CC3)CC2)CN1C(=O)c1cscn1. The zero-order chi connectivity index (χ0) is 16.6. The van der Waals surface area contributed by atoms with Crippen molar-refractivity contribution in [3.63, 3.8) is 0 Å². The Morgan fingerprint density at radius 1 is 1.42 bits per heavy atom. The van der Waals surface area contributed by atoms with Gasteiger partial charge >= 0.3 is 0 Å². The standard InChI is InChI=1S/C18H27N3O2S/c1-23-10-15-8-18(4-6-20(7-5-18)9-14-2-3-14)12-21(15)17(22)16-11-24-13-19-16/h11,13-15H,2-10,12H2,1H3. The van der Waals surface area contributed by atoms with E-state index in [9.17, 15) is 4.79 Å². The minimum Gasteiger partial charge on any atom is -0.383 e. The molecule has 4 rings (SSSR count). The number of carbonyl (C=O) groups excluding carboxylic acids is 1. The van der Waals surface area contributed by atoms with Gasteiger partial charge in [-0.15, -0.1) is 11.3 Å². The maximum Gasteiger partial charge on any atom is 0.273 e. The third-order valence-corrected chi connectivity index (χ3v) is 6.60. The van der Waals surface area contributed by atoms with Crippen molar-refractivity contribution >= 4 is 17.2 Å². The van der Waals surface area contributed by atoms with Crippen LogP contribution < -0.4 is 0 Å². The lowest BCUT2D eigenvalue weighted by Gasteiger charge is -2.39. The van der Waals surface area contributed by atoms with Crippen LogP contribution >= 0.6 is 11.3 Å². The Bertz CT molecular complexity index is 565. The zero-order valence-electron chi connectivity index (χ0n) is 14.4. The fourth-order valence-corrected chi connectivity index (χ4v) is 4.97. The second kappa shape index (κ2) is 6.73. The first-order valence-electron chi connectivity index (χ1n) is 9.10. The van der Waals surface area contributed by atoms with Crippen molar-refractivity contribution in [3.8, 4) is 0 Å². The van der Waals surface area contributed by atoms with Gasteiger partial charge in [-0.25, -0.2) is 4.98 Å². The van der Waals surface area contributed by atoms with Crippen molar-refractivity contribution < 1.29 is 9.53 Å². The molecule has 3 aliphatic rings. The van der Waals surface area contributed by atoms with Crippen molar-refractivity contribution in [2.75, 3.05) is 39.9 Å². The summed E-state index contributed by atoms with van der Waals surface area (Å²) in [4.78, 5) is 21.7. The lowest BCUT2D eigenvalue weighted by molar-refractivity contribution is 0.0605. The van der Waals surface area contributed by atoms with E-state index in [0.29, 0.717) is 12.3 Å². The number of amides is 1. The van der Waals surface area contributed by atoms with Crippen LogP contribution in [0.2, 0.25) is 0 Å². The molecule has 0 bridgehead atoms. The summed E-state index contributed by atoms with van der Waals surface area (Å²) in [6, 6.07) is 0.194. The molecular formula is C18H27N3O2S. The second-order valence-electron chi connectivity index (χ2n) is 7.86. The third kappa shape index (κ3) is 3.37. The summed E-state index contributed by atoms with van der Waals surface area (Å²) < 4.78 is 5.42. The minimum atomic E-state index is 0.0792. The van der Waals surface area contributed by atoms with Crippen molar-refractivity contribution in [2.45, 2.75) is 38.1 Å². The van der Waals surface area contributed by atoms with Gasteiger partial charge < -0.3 is 14.5 Å². The van der Waals surface area contributed by atoms with Crippen LogP contribution in [0, 0.1) is 11.3 Å². The predicted molar refractivity (Wildman–Crippen MR) is 94.3 cm³/mol. The van der Waals surface area contributed by atoms with Crippen LogP contribution in [-0.2, 0) is 4.74 Å². The summed E-state index contributed by atoms with van der Waals surface area (Å²) in [5.41, 5.74) is 2.61. The number of rotatable bonds is 5. The molecule has 1 aromatic heterocycles. The van der Waals surface area contributed by atoms with Crippen LogP contribution in [0.1, 0.15) is 42.6 Å². The van der Waals surface area contributed by atoms with Crippen LogP contribution in [0.5, 0.6) is 0 Å². The van der Waals surface area contributed by atoms with Crippen LogP contribution in [0.3, 0.4) is 0 Å². The van der Waals surface area contributed by atoms with Crippen LogP contribution in [0.25, 0.3) is 0 Å². The third-order valence-electron chi connectivity index (χ3n) is 6.02. The Kier molecular flexibility index (Phi) is 4.62. The Balaban J connectivity index is 1.43. The van der Waals surface area contributed by atoms with Crippen molar-refractivity contribution in [1.29, 1.82) is 0 Å². The molecule has 6 heteroatoms. The van der Waals surface area contributed by atoms with E-state index < -0.39 is 0 Å². The zero-order valence-corrected chi connectivity index (χ0v) is 15.3. The summed E-state index contributed by atoms with van der Waals surface area (Å²) in [6.07, 6.45) is 6.34. The van der Waals surface area contributed by atoms with E-state index in [-0.39, 0.29) is 17.4 Å². The summed E-state index contributed by atoms with van der Waals surface area (Å²) in [5.74, 6) is 1.04. The monoisotopic (exact) mass is 349 g/mol. The van der Waals surface area contributed by atoms with Crippen LogP contribution in [0.4, 0.5) is 0 Å². The van der Waals surface area contributed by atoms with Gasteiger partial charge in [0.05, 0.1) is 18.2 Å². The number of piperidine rings is 1. The highest BCUT2D eigenvalue weighted by atomic mass is 32.1. The van der Waals surface area contributed by atoms with E-state index in [1.807, 2.05) is 10.3 Å². The molecule has 1 unspecified atom stereocenters. The van der Waals surface area contributed by atoms with Gasteiger partial charge in [-0.2, -0.15) is 0 Å². The predicted octanol–water partition coefficient (Wildman–Crippen LogP) is 2.50. The van der Waals surface area contributed by atoms with E-state index in [2.05, 4.69) is 9.88 Å². The molecule has 1 aromatic rings. The molecule has 1 saturated carbocycles. The molecule has 1 atom stereocenters. The molecule has 2 saturated heterocycles. The number of methoxy groups -OCH3 is 1. The molecule has 2 aliphatic heterocycles. The molecule has 1 spiro atoms. The number of likely N-dealkylation sites (tertiary alicyclic amines) is 2. The lowest BCUT2D eigenvalue weighted by atomic mass is 9.76. The first kappa shape index (κ1) is 16.5. The summed E-state index contributed by atoms with van der Waals surface area (Å²) in [6.45, 7) is 5.17. The maximum absolute atomic E-state index is 12.8. The van der Waals surface area contributed by atoms with Gasteiger partial charge in [-0.05, 0) is 56.5 Å². The topological polar surface area (TPSA) is 45.7 Å². The largest absolute Gasteiger partial charge is 0.383 e. The van der Waals surface area contributed by atoms with Gasteiger partial charge in [-0.3, -0.25) is 4.79 Å². The minimum absolute atomic E-state index is 0.0792. The highest BCUT2D eigenvalue weighted by Gasteiger charge is 2.47. The number of ether oxygens (including phenoxy) is 1. The van der Waals surface area contributed by atoms with E-state index in [4.69, 9.17) is 4.74 Å². The summed E-state index contributed by atoms with van der Waals surface area (Å²) >= 11 is 1.48. The highest BCUT2D eigenvalue weighted by molar-refractivity contribution is 7.07. The normalized spacial score (nSPS) is 27.0. The van der Waals surface area contributed by atoms with E-state index in [0.717, 1.165) is 18.9 Å². The smallest absolute Gasteiger partial charge is 0.273 e. The summed E-state index contributed by atoms with van der Waals surface area (Å²) in [5, 5.41) is 1.86. The Morgan fingerprint density at radius 3 is 2.83 bits per heavy atom. The van der Waals surface area contributed by atoms with Crippen LogP contribution in [-0.4, -0.2) is 66.6 Å². The molecule has 0 radical (unpaired) electrons. The average molecular weight is 350 g/mol. The maximum atomic E-state index is 12.8. The number of nitrogens with zero attached hydrogens (tertiary/aromatic N) is 3. The van der Waals surface area contributed by atoms with Crippen molar-refractivity contribution in [2.24, 2.45) is 11.3 Å². The number of hydrogen-bond acceptors (Lipinski definition) is 5. The number of hydrogen-bond donors (Lipinski definition) is 0. The fraction of sp³-hybridized carbons (Fsp3) is 0.778. The molecule has 24 heavy (non-hydrogen) atoms. The Labute approximate surface area is 148 Å². The van der Waals surface area contributed by atoms with Gasteiger partial charge in [0, 0.05) is 25.6 Å². The molecule has 3 heterocycles. The molecule has 3 fully saturated rings. The molecule has 1 aliphatic carbocycles. The first-order valence-corrected chi connectivity index (χ1v) is 10.0. The van der Waals surface area contributed by atoms with Gasteiger partial charge in [0.2, 0.25) is 0 Å². The number of carbonyl (C=O) groups is 1. The number of aromatic nitrogens is 1. The number of thiazole rings is 1. The quantitative estimate of drug-likeness (QED) is 0.819. The second-order valence-corrected chi connectivity index (χ2v) is 8.58. The van der Waals surface area contributed by atoms with Gasteiger partial charge in [-0.1, -0.05) is 0 Å². The Hall–Kier alpha value is -0.980. The molecule has 132 valence electrons. The van der Waals surface area contributed by atoms with Crippen molar-refractivity contribution in [3.05, 3.63) is 16.6 Å². The molecule has 0 N–H and O–H groups in total. The van der Waals surface area contributed by atoms with Crippen LogP contribution in [0.15, 0.2) is 10.9 Å². The highest BCUT2D eigenvalue weighted by Crippen LogP contribution is 2.44. The van der Waals surface area contributed by atoms with E-state index >= 15 is 0 Å². The van der Waals surface area contributed by atoms with E-state index in [1.165, 1.54) is 56.7 Å². The average Bonchev–Trinajstić information content (AvgIpc) is 3.11. The molecule has 1 amide bonds. The fourth-order valence-electron chi connectivity index (χ4n) is 4.45. The summed E-state index contributed by atoms with van der Waals surface area (Å²) in [7, 11) is 1.73. The molecular weight excluding hydrogens is 322 g/mol. The molecule has 5 nitrogen and oxygen atoms in total. The van der Waals surface area contributed by atoms with Gasteiger partial charge in [0.1, 0.15) is 5.69 Å². The van der Waals surface area contributed by atoms with Crippen molar-refractivity contribution in [1.82, 2.24) is 14.8 Å². The van der Waals surface area contributed by atoms with Gasteiger partial charge in [0.25, 0.3) is 5.91 Å². The van der Waals surface area contributed by atoms with E-state index in [1.54, 1.807) is 12.6 Å². The lowest BCUT2D eigenvalue weighted by Crippen LogP contribution is -2.43.